The second-order valence-electron chi connectivity index (χ2n) is 8.21. The monoisotopic (exact) mass is 346 g/mol. The molecule has 6 heteroatoms. The Kier molecular flexibility index (Phi) is 4.17. The van der Waals surface area contributed by atoms with Gasteiger partial charge in [0.25, 0.3) is 5.91 Å². The minimum atomic E-state index is -0.634. The molecule has 2 atom stereocenters. The van der Waals surface area contributed by atoms with Crippen LogP contribution in [-0.4, -0.2) is 52.8 Å². The molecule has 2 saturated heterocycles. The summed E-state index contributed by atoms with van der Waals surface area (Å²) in [7, 11) is 0. The summed E-state index contributed by atoms with van der Waals surface area (Å²) in [6.45, 7) is 10.4. The lowest BCUT2D eigenvalue weighted by molar-refractivity contribution is -0.134. The number of hydrogen-bond donors (Lipinski definition) is 0. The molecule has 2 aliphatic heterocycles. The molecule has 1 aromatic rings. The lowest BCUT2D eigenvalue weighted by Gasteiger charge is -2.36. The SMILES string of the molecule is CC(C)(C)OC(=O)N1CCN2C(=O)[C@@H](Oc3ccccc3)C(C)(C)[C@H]12. The first-order valence-electron chi connectivity index (χ1n) is 8.63. The van der Waals surface area contributed by atoms with Crippen molar-refractivity contribution in [3.8, 4) is 5.75 Å². The Balaban J connectivity index is 1.83. The third-order valence-corrected chi connectivity index (χ3v) is 4.65. The predicted octanol–water partition coefficient (Wildman–Crippen LogP) is 2.88. The summed E-state index contributed by atoms with van der Waals surface area (Å²) < 4.78 is 11.5. The first-order valence-corrected chi connectivity index (χ1v) is 8.63. The van der Waals surface area contributed by atoms with Gasteiger partial charge in [-0.2, -0.15) is 0 Å². The highest BCUT2D eigenvalue weighted by atomic mass is 16.6. The van der Waals surface area contributed by atoms with Crippen LogP contribution in [-0.2, 0) is 9.53 Å². The molecule has 136 valence electrons. The van der Waals surface area contributed by atoms with E-state index in [0.29, 0.717) is 18.8 Å². The Labute approximate surface area is 148 Å². The van der Waals surface area contributed by atoms with Crippen molar-refractivity contribution in [2.75, 3.05) is 13.1 Å². The van der Waals surface area contributed by atoms with Crippen LogP contribution in [0, 0.1) is 5.41 Å². The number of benzene rings is 1. The van der Waals surface area contributed by atoms with Gasteiger partial charge in [0.1, 0.15) is 17.5 Å². The fourth-order valence-electron chi connectivity index (χ4n) is 3.62. The first kappa shape index (κ1) is 17.6. The van der Waals surface area contributed by atoms with Crippen LogP contribution in [0.3, 0.4) is 0 Å². The lowest BCUT2D eigenvalue weighted by atomic mass is 9.86. The maximum Gasteiger partial charge on any atom is 0.412 e. The van der Waals surface area contributed by atoms with Gasteiger partial charge >= 0.3 is 6.09 Å². The van der Waals surface area contributed by atoms with Crippen LogP contribution < -0.4 is 4.74 Å². The van der Waals surface area contributed by atoms with Crippen LogP contribution >= 0.6 is 0 Å². The molecule has 0 aliphatic carbocycles. The minimum absolute atomic E-state index is 0.0788. The van der Waals surface area contributed by atoms with Gasteiger partial charge in [-0.15, -0.1) is 0 Å². The van der Waals surface area contributed by atoms with Crippen LogP contribution in [0.15, 0.2) is 30.3 Å². The first-order chi connectivity index (χ1) is 11.6. The lowest BCUT2D eigenvalue weighted by Crippen LogP contribution is -2.50. The molecule has 0 unspecified atom stereocenters. The number of carbonyl (C=O) groups is 2. The molecule has 0 saturated carbocycles. The van der Waals surface area contributed by atoms with Gasteiger partial charge in [-0.1, -0.05) is 32.0 Å². The number of nitrogens with zero attached hydrogens (tertiary/aromatic N) is 2. The van der Waals surface area contributed by atoms with Gasteiger partial charge in [-0.05, 0) is 32.9 Å². The molecule has 2 amide bonds. The normalized spacial score (nSPS) is 25.1. The highest BCUT2D eigenvalue weighted by Crippen LogP contribution is 2.44. The number of rotatable bonds is 2. The van der Waals surface area contributed by atoms with Crippen LogP contribution in [0.25, 0.3) is 0 Å². The van der Waals surface area contributed by atoms with Gasteiger partial charge < -0.3 is 14.4 Å². The van der Waals surface area contributed by atoms with Crippen LogP contribution in [0.4, 0.5) is 4.79 Å². The van der Waals surface area contributed by atoms with Crippen molar-refractivity contribution < 1.29 is 19.1 Å². The van der Waals surface area contributed by atoms with E-state index in [1.807, 2.05) is 65.0 Å². The maximum atomic E-state index is 12.9. The molecule has 0 bridgehead atoms. The quantitative estimate of drug-likeness (QED) is 0.826. The summed E-state index contributed by atoms with van der Waals surface area (Å²) in [5.74, 6) is 0.573. The van der Waals surface area contributed by atoms with E-state index >= 15 is 0 Å². The Morgan fingerprint density at radius 2 is 1.80 bits per heavy atom. The molecular formula is C19H26N2O4. The molecule has 0 N–H and O–H groups in total. The van der Waals surface area contributed by atoms with Crippen LogP contribution in [0.5, 0.6) is 5.75 Å². The molecule has 0 spiro atoms. The topological polar surface area (TPSA) is 59.1 Å². The number of amides is 2. The number of para-hydroxylation sites is 1. The van der Waals surface area contributed by atoms with Crippen LogP contribution in [0.1, 0.15) is 34.6 Å². The van der Waals surface area contributed by atoms with E-state index in [2.05, 4.69) is 0 Å². The largest absolute Gasteiger partial charge is 0.480 e. The van der Waals surface area contributed by atoms with Gasteiger partial charge in [0.2, 0.25) is 0 Å². The van der Waals surface area contributed by atoms with Crippen molar-refractivity contribution >= 4 is 12.0 Å². The number of fused-ring (bicyclic) bond motifs is 1. The fraction of sp³-hybridized carbons (Fsp3) is 0.579. The Morgan fingerprint density at radius 1 is 1.16 bits per heavy atom. The van der Waals surface area contributed by atoms with E-state index in [0.717, 1.165) is 0 Å². The van der Waals surface area contributed by atoms with Crippen molar-refractivity contribution in [1.29, 1.82) is 0 Å². The third kappa shape index (κ3) is 3.17. The molecule has 2 heterocycles. The summed E-state index contributed by atoms with van der Waals surface area (Å²) in [5.41, 5.74) is -1.13. The van der Waals surface area contributed by atoms with E-state index < -0.39 is 17.1 Å². The van der Waals surface area contributed by atoms with Gasteiger partial charge in [0.15, 0.2) is 6.10 Å². The molecule has 1 aromatic carbocycles. The van der Waals surface area contributed by atoms with Gasteiger partial charge in [0, 0.05) is 13.1 Å². The Hall–Kier alpha value is -2.24. The summed E-state index contributed by atoms with van der Waals surface area (Å²) >= 11 is 0. The minimum Gasteiger partial charge on any atom is -0.480 e. The number of carbonyl (C=O) groups excluding carboxylic acids is 2. The zero-order chi connectivity index (χ0) is 18.4. The molecule has 2 aliphatic rings. The van der Waals surface area contributed by atoms with Gasteiger partial charge in [0.05, 0.1) is 5.41 Å². The maximum absolute atomic E-state index is 12.9. The van der Waals surface area contributed by atoms with Gasteiger partial charge in [-0.25, -0.2) is 4.79 Å². The summed E-state index contributed by atoms with van der Waals surface area (Å²) in [6.07, 6.45) is -1.38. The van der Waals surface area contributed by atoms with Crippen molar-refractivity contribution in [2.24, 2.45) is 5.41 Å². The standard InChI is InChI=1S/C19H26N2O4/c1-18(2,3)25-17(23)21-12-11-20-15(22)14(19(4,5)16(20)21)24-13-9-7-6-8-10-13/h6-10,14,16H,11-12H2,1-5H3/t14-,16+/m1/s1. The summed E-state index contributed by atoms with van der Waals surface area (Å²) in [4.78, 5) is 28.9. The number of ether oxygens (including phenoxy) is 2. The van der Waals surface area contributed by atoms with E-state index in [1.54, 1.807) is 9.80 Å². The zero-order valence-electron chi connectivity index (χ0n) is 15.5. The van der Waals surface area contributed by atoms with Crippen molar-refractivity contribution in [2.45, 2.75) is 52.5 Å². The van der Waals surface area contributed by atoms with E-state index in [-0.39, 0.29) is 18.2 Å². The van der Waals surface area contributed by atoms with E-state index in [1.165, 1.54) is 0 Å². The molecule has 0 radical (unpaired) electrons. The average Bonchev–Trinajstić information content (AvgIpc) is 3.03. The summed E-state index contributed by atoms with van der Waals surface area (Å²) in [5, 5.41) is 0. The zero-order valence-corrected chi connectivity index (χ0v) is 15.5. The fourth-order valence-corrected chi connectivity index (χ4v) is 3.62. The molecule has 0 aromatic heterocycles. The Morgan fingerprint density at radius 3 is 2.40 bits per heavy atom. The van der Waals surface area contributed by atoms with Crippen molar-refractivity contribution in [1.82, 2.24) is 9.80 Å². The van der Waals surface area contributed by atoms with E-state index in [9.17, 15) is 9.59 Å². The van der Waals surface area contributed by atoms with Gasteiger partial charge in [-0.3, -0.25) is 9.69 Å². The summed E-state index contributed by atoms with van der Waals surface area (Å²) in [6, 6.07) is 9.31. The highest BCUT2D eigenvalue weighted by molar-refractivity contribution is 5.87. The molecule has 3 rings (SSSR count). The third-order valence-electron chi connectivity index (χ3n) is 4.65. The van der Waals surface area contributed by atoms with Crippen molar-refractivity contribution in [3.63, 3.8) is 0 Å². The highest BCUT2D eigenvalue weighted by Gasteiger charge is 2.61. The average molecular weight is 346 g/mol. The second kappa shape index (κ2) is 5.93. The molecule has 6 nitrogen and oxygen atoms in total. The molecular weight excluding hydrogens is 320 g/mol. The van der Waals surface area contributed by atoms with Crippen molar-refractivity contribution in [3.05, 3.63) is 30.3 Å². The molecule has 25 heavy (non-hydrogen) atoms. The van der Waals surface area contributed by atoms with Crippen LogP contribution in [0.2, 0.25) is 0 Å². The smallest absolute Gasteiger partial charge is 0.412 e. The van der Waals surface area contributed by atoms with E-state index in [4.69, 9.17) is 9.47 Å². The second-order valence-corrected chi connectivity index (χ2v) is 8.21. The molecule has 2 fully saturated rings. The number of hydrogen-bond acceptors (Lipinski definition) is 4. The Bertz CT molecular complexity index is 666. The predicted molar refractivity (Wildman–Crippen MR) is 93.1 cm³/mol.